The second-order valence-corrected chi connectivity index (χ2v) is 4.08. The summed E-state index contributed by atoms with van der Waals surface area (Å²) >= 11 is 0. The van der Waals surface area contributed by atoms with Gasteiger partial charge in [0.1, 0.15) is 0 Å². The minimum absolute atomic E-state index is 0.324. The second-order valence-electron chi connectivity index (χ2n) is 4.08. The van der Waals surface area contributed by atoms with Gasteiger partial charge in [-0.25, -0.2) is 0 Å². The van der Waals surface area contributed by atoms with E-state index in [9.17, 15) is 4.79 Å². The molecule has 1 aromatic carbocycles. The van der Waals surface area contributed by atoms with Crippen LogP contribution in [0.25, 0.3) is 0 Å². The van der Waals surface area contributed by atoms with Crippen molar-refractivity contribution in [1.82, 2.24) is 0 Å². The van der Waals surface area contributed by atoms with E-state index in [0.717, 1.165) is 18.4 Å². The molecule has 16 heavy (non-hydrogen) atoms. The molecule has 0 fully saturated rings. The lowest BCUT2D eigenvalue weighted by Crippen LogP contribution is -2.34. The molecule has 0 saturated carbocycles. The van der Waals surface area contributed by atoms with Gasteiger partial charge in [0.2, 0.25) is 0 Å². The van der Waals surface area contributed by atoms with Crippen LogP contribution in [-0.4, -0.2) is 5.97 Å². The largest absolute Gasteiger partial charge is 0.442 e. The van der Waals surface area contributed by atoms with Crippen molar-refractivity contribution in [3.05, 3.63) is 35.4 Å². The number of ether oxygens (including phenoxy) is 1. The lowest BCUT2D eigenvalue weighted by molar-refractivity contribution is -0.153. The summed E-state index contributed by atoms with van der Waals surface area (Å²) in [6, 6.07) is 7.92. The molecule has 2 rings (SSSR count). The van der Waals surface area contributed by atoms with Gasteiger partial charge < -0.3 is 4.74 Å². The number of hydrogen-bond donors (Lipinski definition) is 0. The van der Waals surface area contributed by atoms with Gasteiger partial charge in [-0.3, -0.25) is 4.79 Å². The number of carbonyl (C=O) groups excluding carboxylic acids is 1. The van der Waals surface area contributed by atoms with E-state index in [4.69, 9.17) is 11.2 Å². The van der Waals surface area contributed by atoms with E-state index in [-0.39, 0.29) is 5.97 Å². The summed E-state index contributed by atoms with van der Waals surface area (Å²) in [5.41, 5.74) is 1.31. The molecule has 0 heterocycles. The Bertz CT molecular complexity index is 456. The van der Waals surface area contributed by atoms with Crippen LogP contribution in [-0.2, 0) is 21.6 Å². The quantitative estimate of drug-likeness (QED) is 0.530. The summed E-state index contributed by atoms with van der Waals surface area (Å²) in [6.07, 6.45) is 8.24. The highest BCUT2D eigenvalue weighted by Crippen LogP contribution is 2.37. The number of fused-ring (bicyclic) bond motifs is 1. The van der Waals surface area contributed by atoms with Crippen molar-refractivity contribution in [2.75, 3.05) is 0 Å². The third-order valence-corrected chi connectivity index (χ3v) is 2.98. The van der Waals surface area contributed by atoms with Gasteiger partial charge in [-0.1, -0.05) is 30.2 Å². The van der Waals surface area contributed by atoms with Gasteiger partial charge in [0.05, 0.1) is 0 Å². The van der Waals surface area contributed by atoms with E-state index in [1.807, 2.05) is 24.3 Å². The maximum Gasteiger partial charge on any atom is 0.304 e. The highest BCUT2D eigenvalue weighted by atomic mass is 16.6. The Labute approximate surface area is 95.6 Å². The zero-order valence-corrected chi connectivity index (χ0v) is 9.32. The van der Waals surface area contributed by atoms with E-state index in [2.05, 4.69) is 5.92 Å². The Morgan fingerprint density at radius 3 is 2.94 bits per heavy atom. The molecule has 1 aromatic rings. The topological polar surface area (TPSA) is 26.3 Å². The molecule has 0 saturated heterocycles. The predicted molar refractivity (Wildman–Crippen MR) is 61.7 cm³/mol. The maximum atomic E-state index is 11.2. The average Bonchev–Trinajstić information content (AvgIpc) is 2.29. The predicted octanol–water partition coefficient (Wildman–Crippen LogP) is 2.41. The number of carbonyl (C=O) groups is 1. The van der Waals surface area contributed by atoms with E-state index >= 15 is 0 Å². The molecule has 1 atom stereocenters. The van der Waals surface area contributed by atoms with Crippen LogP contribution in [0.3, 0.4) is 0 Å². The summed E-state index contributed by atoms with van der Waals surface area (Å²) < 4.78 is 5.38. The highest BCUT2D eigenvalue weighted by molar-refractivity contribution is 5.67. The first-order valence-corrected chi connectivity index (χ1v) is 5.44. The molecule has 0 bridgehead atoms. The number of esters is 1. The molecule has 1 aliphatic rings. The van der Waals surface area contributed by atoms with Crippen LogP contribution in [0.4, 0.5) is 0 Å². The number of aryl methyl sites for hydroxylation is 1. The van der Waals surface area contributed by atoms with Gasteiger partial charge in [-0.2, -0.15) is 0 Å². The van der Waals surface area contributed by atoms with Crippen molar-refractivity contribution in [3.63, 3.8) is 0 Å². The smallest absolute Gasteiger partial charge is 0.304 e. The minimum atomic E-state index is -0.847. The summed E-state index contributed by atoms with van der Waals surface area (Å²) in [5.74, 6) is 2.34. The highest BCUT2D eigenvalue weighted by Gasteiger charge is 2.37. The number of hydrogen-bond acceptors (Lipinski definition) is 2. The summed E-state index contributed by atoms with van der Waals surface area (Å²) in [7, 11) is 0. The van der Waals surface area contributed by atoms with Gasteiger partial charge >= 0.3 is 5.97 Å². The molecule has 0 radical (unpaired) electrons. The lowest BCUT2D eigenvalue weighted by Gasteiger charge is -2.33. The third-order valence-electron chi connectivity index (χ3n) is 2.98. The van der Waals surface area contributed by atoms with Crippen LogP contribution in [0.5, 0.6) is 0 Å². The SMILES string of the molecule is C#CC1(OC(C)=O)CCCc2ccccc21. The normalized spacial score (nSPS) is 23.0. The molecule has 0 aliphatic heterocycles. The van der Waals surface area contributed by atoms with Crippen LogP contribution in [0.1, 0.15) is 30.9 Å². The van der Waals surface area contributed by atoms with Crippen LogP contribution >= 0.6 is 0 Å². The number of benzene rings is 1. The van der Waals surface area contributed by atoms with E-state index in [1.54, 1.807) is 0 Å². The fourth-order valence-electron chi connectivity index (χ4n) is 2.33. The molecule has 2 nitrogen and oxygen atoms in total. The number of rotatable bonds is 1. The molecule has 0 aromatic heterocycles. The zero-order chi connectivity index (χ0) is 11.6. The monoisotopic (exact) mass is 214 g/mol. The van der Waals surface area contributed by atoms with Gasteiger partial charge in [-0.15, -0.1) is 6.42 Å². The molecule has 2 heteroatoms. The minimum Gasteiger partial charge on any atom is -0.442 e. The van der Waals surface area contributed by atoms with Crippen LogP contribution in [0.15, 0.2) is 24.3 Å². The van der Waals surface area contributed by atoms with Gasteiger partial charge in [0.15, 0.2) is 5.60 Å². The summed E-state index contributed by atoms with van der Waals surface area (Å²) in [4.78, 5) is 11.2. The first kappa shape index (κ1) is 10.8. The zero-order valence-electron chi connectivity index (χ0n) is 9.32. The number of terminal acetylenes is 1. The first-order chi connectivity index (χ1) is 7.68. The standard InChI is InChI=1S/C14H14O2/c1-3-14(16-11(2)15)10-6-8-12-7-4-5-9-13(12)14/h1,4-5,7,9H,6,8,10H2,2H3. The average molecular weight is 214 g/mol. The molecular formula is C14H14O2. The fraction of sp³-hybridized carbons (Fsp3) is 0.357. The van der Waals surface area contributed by atoms with Crippen molar-refractivity contribution in [2.45, 2.75) is 31.8 Å². The molecule has 82 valence electrons. The van der Waals surface area contributed by atoms with E-state index < -0.39 is 5.60 Å². The van der Waals surface area contributed by atoms with Crippen LogP contribution in [0.2, 0.25) is 0 Å². The molecule has 0 spiro atoms. The van der Waals surface area contributed by atoms with Crippen molar-refractivity contribution < 1.29 is 9.53 Å². The molecule has 1 aliphatic carbocycles. The second kappa shape index (κ2) is 4.02. The molecule has 1 unspecified atom stereocenters. The van der Waals surface area contributed by atoms with Crippen molar-refractivity contribution >= 4 is 5.97 Å². The Kier molecular flexibility index (Phi) is 2.70. The lowest BCUT2D eigenvalue weighted by atomic mass is 9.79. The van der Waals surface area contributed by atoms with Crippen LogP contribution < -0.4 is 0 Å². The summed E-state index contributed by atoms with van der Waals surface area (Å²) in [5, 5.41) is 0. The van der Waals surface area contributed by atoms with Gasteiger partial charge in [-0.05, 0) is 18.4 Å². The van der Waals surface area contributed by atoms with E-state index in [1.165, 1.54) is 12.5 Å². The Morgan fingerprint density at radius 2 is 2.25 bits per heavy atom. The Balaban J connectivity index is 2.50. The van der Waals surface area contributed by atoms with Gasteiger partial charge in [0, 0.05) is 18.9 Å². The van der Waals surface area contributed by atoms with Crippen LogP contribution in [0, 0.1) is 12.3 Å². The summed E-state index contributed by atoms with van der Waals surface area (Å²) in [6.45, 7) is 1.40. The van der Waals surface area contributed by atoms with Gasteiger partial charge in [0.25, 0.3) is 0 Å². The molecular weight excluding hydrogens is 200 g/mol. The molecule has 0 amide bonds. The van der Waals surface area contributed by atoms with E-state index in [0.29, 0.717) is 6.42 Å². The third kappa shape index (κ3) is 1.69. The fourth-order valence-corrected chi connectivity index (χ4v) is 2.33. The van der Waals surface area contributed by atoms with Crippen molar-refractivity contribution in [1.29, 1.82) is 0 Å². The van der Waals surface area contributed by atoms with Crippen molar-refractivity contribution in [3.8, 4) is 12.3 Å². The maximum absolute atomic E-state index is 11.2. The Morgan fingerprint density at radius 1 is 1.50 bits per heavy atom. The first-order valence-electron chi connectivity index (χ1n) is 5.44. The molecule has 0 N–H and O–H groups in total. The Hall–Kier alpha value is -1.75. The van der Waals surface area contributed by atoms with Crippen molar-refractivity contribution in [2.24, 2.45) is 0 Å².